The monoisotopic (exact) mass is 1120 g/mol. The number of rotatable bonds is 6. The first-order valence-electron chi connectivity index (χ1n) is 19.3. The largest absolute Gasteiger partial charge is 1.00 e. The van der Waals surface area contributed by atoms with E-state index in [0.29, 0.717) is 0 Å². The first-order chi connectivity index (χ1) is 30.8. The molecule has 10 nitrogen and oxygen atoms in total. The minimum atomic E-state index is -3.98. The second kappa shape index (κ2) is 23.2. The topological polar surface area (TPSA) is 163 Å². The molecule has 0 aromatic heterocycles. The van der Waals surface area contributed by atoms with E-state index in [4.69, 9.17) is 0 Å². The van der Waals surface area contributed by atoms with Gasteiger partial charge in [0.25, 0.3) is 20.0 Å². The van der Waals surface area contributed by atoms with Gasteiger partial charge in [0.1, 0.15) is 29.8 Å². The predicted octanol–water partition coefficient (Wildman–Crippen LogP) is 7.26. The van der Waals surface area contributed by atoms with Gasteiger partial charge >= 0.3 is 0 Å². The Morgan fingerprint density at radius 2 is 0.470 bits per heavy atom. The zero-order valence-corrected chi connectivity index (χ0v) is 42.6. The summed E-state index contributed by atoms with van der Waals surface area (Å²) < 4.78 is 93.5. The fourth-order valence-corrected chi connectivity index (χ4v) is 17.7. The number of nitrogens with one attached hydrogen (secondary N) is 1. The van der Waals surface area contributed by atoms with Crippen molar-refractivity contribution in [1.82, 2.24) is 4.13 Å². The molecule has 66 heavy (non-hydrogen) atoms. The van der Waals surface area contributed by atoms with Crippen molar-refractivity contribution in [2.24, 2.45) is 0 Å². The zero-order valence-electron chi connectivity index (χ0n) is 34.4. The van der Waals surface area contributed by atoms with E-state index in [0.717, 1.165) is 0 Å². The number of halogens is 2. The molecule has 0 bridgehead atoms. The SMILES string of the molecule is Br.O=S1(=O)NS(=O)(=O)c2ccccc21.O=S1(=O)[N-]S(=O)(=O)c2ccccc21.[Br-].c1ccc([S+](c2ccccc2)c2ccccc2)cc1.c1ccc([S+](c2ccccc2)c2ccccc2)cc1. The number of hydrogen-bond donors (Lipinski definition) is 1. The van der Waals surface area contributed by atoms with E-state index in [1.54, 1.807) is 4.13 Å². The normalized spacial score (nSPS) is 14.9. The van der Waals surface area contributed by atoms with E-state index in [9.17, 15) is 33.7 Å². The Kier molecular flexibility index (Phi) is 18.3. The van der Waals surface area contributed by atoms with Crippen LogP contribution in [-0.2, 0) is 61.9 Å². The third-order valence-corrected chi connectivity index (χ3v) is 20.9. The van der Waals surface area contributed by atoms with Crippen LogP contribution in [0.5, 0.6) is 0 Å². The van der Waals surface area contributed by atoms with Gasteiger partial charge in [-0.3, -0.25) is 0 Å². The Morgan fingerprint density at radius 3 is 0.682 bits per heavy atom. The van der Waals surface area contributed by atoms with Crippen LogP contribution in [0, 0.1) is 0 Å². The molecule has 2 aliphatic heterocycles. The predicted molar refractivity (Wildman–Crippen MR) is 261 cm³/mol. The molecule has 1 N–H and O–H groups in total. The van der Waals surface area contributed by atoms with E-state index in [-0.39, 0.29) is 75.3 Å². The van der Waals surface area contributed by atoms with Crippen molar-refractivity contribution in [3.8, 4) is 0 Å². The summed E-state index contributed by atoms with van der Waals surface area (Å²) in [5.74, 6) is 0. The number of hydrogen-bond acceptors (Lipinski definition) is 8. The van der Waals surface area contributed by atoms with Gasteiger partial charge in [0.05, 0.1) is 31.6 Å². The summed E-state index contributed by atoms with van der Waals surface area (Å²) in [6, 6.07) is 75.1. The lowest BCUT2D eigenvalue weighted by molar-refractivity contribution is -0.0000223. The molecule has 0 unspecified atom stereocenters. The summed E-state index contributed by atoms with van der Waals surface area (Å²) in [5.41, 5.74) is 0. The summed E-state index contributed by atoms with van der Waals surface area (Å²) in [7, 11) is -15.7. The summed E-state index contributed by atoms with van der Waals surface area (Å²) >= 11 is 0. The molecule has 10 rings (SSSR count). The van der Waals surface area contributed by atoms with E-state index in [1.807, 2.05) is 0 Å². The molecule has 0 fully saturated rings. The summed E-state index contributed by atoms with van der Waals surface area (Å²) in [5, 5.41) is 0. The number of benzene rings is 8. The van der Waals surface area contributed by atoms with Crippen molar-refractivity contribution in [2.45, 2.75) is 49.0 Å². The minimum absolute atomic E-state index is 0. The molecular formula is C48H40Br2N2O8S6. The van der Waals surface area contributed by atoms with E-state index >= 15 is 0 Å². The Bertz CT molecular complexity index is 2760. The van der Waals surface area contributed by atoms with Gasteiger partial charge in [-0.25, -0.2) is 33.7 Å². The molecule has 2 aliphatic rings. The molecule has 0 saturated heterocycles. The molecule has 8 aromatic carbocycles. The zero-order chi connectivity index (χ0) is 45.2. The highest BCUT2D eigenvalue weighted by Crippen LogP contribution is 2.38. The maximum atomic E-state index is 11.2. The Hall–Kier alpha value is -4.86. The van der Waals surface area contributed by atoms with Crippen LogP contribution in [-0.4, -0.2) is 33.7 Å². The molecule has 0 atom stereocenters. The number of sulfonamides is 4. The second-order valence-electron chi connectivity index (χ2n) is 13.5. The van der Waals surface area contributed by atoms with Gasteiger partial charge in [-0.15, -0.1) is 21.1 Å². The lowest BCUT2D eigenvalue weighted by atomic mass is 10.4. The van der Waals surface area contributed by atoms with Crippen molar-refractivity contribution in [1.29, 1.82) is 0 Å². The fourth-order valence-electron chi connectivity index (χ4n) is 6.37. The van der Waals surface area contributed by atoms with Gasteiger partial charge in [0.15, 0.2) is 29.4 Å². The third kappa shape index (κ3) is 12.8. The van der Waals surface area contributed by atoms with Gasteiger partial charge < -0.3 is 21.1 Å². The minimum Gasteiger partial charge on any atom is -1.00 e. The van der Waals surface area contributed by atoms with Crippen LogP contribution in [0.4, 0.5) is 0 Å². The van der Waals surface area contributed by atoms with Crippen LogP contribution in [0.2, 0.25) is 0 Å². The molecule has 0 saturated carbocycles. The lowest BCUT2D eigenvalue weighted by Crippen LogP contribution is -3.00. The Labute approximate surface area is 413 Å². The standard InChI is InChI=1S/2C18H15S.C6H5NO4S2.C6H4NO4S2.2BrH/c2*1-4-10-16(11-5-1)19(17-12-6-2-7-13-17)18-14-8-3-9-15-18;2*8-12(9)5-3-1-2-4-6(5)13(10,11)7-12;;/h2*1-15H;1-4,7H;1-4H;2*1H/q2*+1;;-1;;/p-1. The van der Waals surface area contributed by atoms with Crippen molar-refractivity contribution in [3.63, 3.8) is 0 Å². The van der Waals surface area contributed by atoms with Crippen LogP contribution >= 0.6 is 17.0 Å². The molecule has 18 heteroatoms. The summed E-state index contributed by atoms with van der Waals surface area (Å²) in [6.07, 6.45) is 0. The maximum absolute atomic E-state index is 11.2. The van der Waals surface area contributed by atoms with Crippen LogP contribution in [0.25, 0.3) is 4.13 Å². The highest BCUT2D eigenvalue weighted by atomic mass is 79.9. The average Bonchev–Trinajstić information content (AvgIpc) is 3.64. The molecule has 0 spiro atoms. The van der Waals surface area contributed by atoms with Crippen molar-refractivity contribution in [3.05, 3.63) is 235 Å². The van der Waals surface area contributed by atoms with E-state index < -0.39 is 40.1 Å². The molecule has 8 aromatic rings. The molecule has 340 valence electrons. The van der Waals surface area contributed by atoms with Crippen LogP contribution in [0.15, 0.2) is 279 Å². The summed E-state index contributed by atoms with van der Waals surface area (Å²) in [6.45, 7) is 0. The van der Waals surface area contributed by atoms with Gasteiger partial charge in [-0.1, -0.05) is 133 Å². The highest BCUT2D eigenvalue weighted by Gasteiger charge is 2.37. The van der Waals surface area contributed by atoms with Gasteiger partial charge in [-0.05, 0) is 97.1 Å². The molecule has 0 radical (unpaired) electrons. The molecule has 0 amide bonds. The van der Waals surface area contributed by atoms with Gasteiger partial charge in [0, 0.05) is 0 Å². The van der Waals surface area contributed by atoms with Crippen LogP contribution in [0.1, 0.15) is 0 Å². The van der Waals surface area contributed by atoms with Crippen LogP contribution in [0.3, 0.4) is 0 Å². The molecule has 2 heterocycles. The van der Waals surface area contributed by atoms with Crippen molar-refractivity contribution >= 4 is 78.9 Å². The molecule has 0 aliphatic carbocycles. The van der Waals surface area contributed by atoms with Crippen LogP contribution < -0.4 is 21.1 Å². The van der Waals surface area contributed by atoms with E-state index in [1.165, 1.54) is 77.9 Å². The smallest absolute Gasteiger partial charge is 0.255 e. The van der Waals surface area contributed by atoms with Crippen molar-refractivity contribution in [2.75, 3.05) is 0 Å². The quantitative estimate of drug-likeness (QED) is 0.170. The summed E-state index contributed by atoms with van der Waals surface area (Å²) in [4.78, 5) is 7.31. The average molecular weight is 1130 g/mol. The Morgan fingerprint density at radius 1 is 0.288 bits per heavy atom. The Balaban J connectivity index is 0.000000166. The van der Waals surface area contributed by atoms with E-state index in [2.05, 4.69) is 186 Å². The maximum Gasteiger partial charge on any atom is 0.255 e. The lowest BCUT2D eigenvalue weighted by Gasteiger charge is -2.07. The van der Waals surface area contributed by atoms with Crippen molar-refractivity contribution < 1.29 is 50.7 Å². The first-order valence-corrected chi connectivity index (χ1v) is 27.6. The third-order valence-electron chi connectivity index (χ3n) is 9.12. The van der Waals surface area contributed by atoms with Gasteiger partial charge in [-0.2, -0.15) is 0 Å². The first kappa shape index (κ1) is 52.1. The highest BCUT2D eigenvalue weighted by molar-refractivity contribution is 8.93. The second-order valence-corrected chi connectivity index (χ2v) is 24.5. The fraction of sp³-hybridized carbons (Fsp3) is 0. The molecular weight excluding hydrogens is 1080 g/mol. The number of fused-ring (bicyclic) bond motifs is 2. The van der Waals surface area contributed by atoms with Gasteiger partial charge in [0.2, 0.25) is 0 Å². The number of nitrogens with zero attached hydrogens (tertiary/aromatic N) is 1.